The van der Waals surface area contributed by atoms with Crippen LogP contribution in [-0.2, 0) is 9.13 Å². The Morgan fingerprint density at radius 3 is 1.37 bits per heavy atom. The summed E-state index contributed by atoms with van der Waals surface area (Å²) in [5, 5.41) is 1.82. The van der Waals surface area contributed by atoms with Gasteiger partial charge in [0.15, 0.2) is 0 Å². The van der Waals surface area contributed by atoms with Crippen LogP contribution in [0.25, 0.3) is 0 Å². The molecule has 0 heterocycles. The van der Waals surface area contributed by atoms with Crippen LogP contribution in [0, 0.1) is 0 Å². The molecule has 0 aliphatic carbocycles. The van der Waals surface area contributed by atoms with E-state index in [2.05, 4.69) is 12.2 Å². The van der Waals surface area contributed by atoms with Gasteiger partial charge in [-0.3, -0.25) is 0 Å². The Bertz CT molecular complexity index is 768. The molecule has 0 bridgehead atoms. The van der Waals surface area contributed by atoms with E-state index in [-0.39, 0.29) is 0 Å². The van der Waals surface area contributed by atoms with E-state index in [1.165, 1.54) is 0 Å². The van der Waals surface area contributed by atoms with Gasteiger partial charge in [-0.15, -0.1) is 0 Å². The van der Waals surface area contributed by atoms with Crippen molar-refractivity contribution in [2.75, 3.05) is 13.3 Å². The largest absolute Gasteiger partial charge is 0.315 e. The van der Waals surface area contributed by atoms with Crippen molar-refractivity contribution < 1.29 is 9.13 Å². The molecule has 0 amide bonds. The third-order valence-electron chi connectivity index (χ3n) is 4.56. The third kappa shape index (κ3) is 7.49. The van der Waals surface area contributed by atoms with Gasteiger partial charge < -0.3 is 9.13 Å². The van der Waals surface area contributed by atoms with Crippen LogP contribution in [0.15, 0.2) is 84.4 Å². The molecule has 1 unspecified atom stereocenters. The lowest BCUT2D eigenvalue weighted by Crippen LogP contribution is -2.00. The Morgan fingerprint density at radius 2 is 1.00 bits per heavy atom. The first-order chi connectivity index (χ1) is 12.9. The first-order valence-corrected chi connectivity index (χ1v) is 14.0. The average Bonchev–Trinajstić information content (AvgIpc) is 2.68. The molecule has 0 N–H and O–H groups in total. The molecule has 0 saturated heterocycles. The maximum absolute atomic E-state index is 12.7. The van der Waals surface area contributed by atoms with Crippen LogP contribution >= 0.6 is 14.3 Å². The molecule has 2 atom stereocenters. The smallest absolute Gasteiger partial charge is 0.133 e. The molecule has 0 fully saturated rings. The van der Waals surface area contributed by atoms with Gasteiger partial charge >= 0.3 is 0 Å². The minimum atomic E-state index is -2.38. The highest BCUT2D eigenvalue weighted by atomic mass is 31.2. The maximum Gasteiger partial charge on any atom is 0.133 e. The Hall–Kier alpha value is -1.62. The van der Waals surface area contributed by atoms with E-state index in [0.717, 1.165) is 42.7 Å². The monoisotopic (exact) mass is 400 g/mol. The molecule has 0 saturated carbocycles. The summed E-state index contributed by atoms with van der Waals surface area (Å²) in [5.74, 6) is 3.77. The first kappa shape index (κ1) is 21.7. The second kappa shape index (κ2) is 10.6. The van der Waals surface area contributed by atoms with Crippen LogP contribution in [0.1, 0.15) is 32.1 Å². The summed E-state index contributed by atoms with van der Waals surface area (Å²) in [7, 11) is -4.76. The topological polar surface area (TPSA) is 34.1 Å². The van der Waals surface area contributed by atoms with E-state index in [4.69, 9.17) is 0 Å². The van der Waals surface area contributed by atoms with Gasteiger partial charge in [0.05, 0.1) is 0 Å². The lowest BCUT2D eigenvalue weighted by molar-refractivity contribution is 0.589. The highest BCUT2D eigenvalue weighted by Gasteiger charge is 2.13. The van der Waals surface area contributed by atoms with Crippen LogP contribution in [0.3, 0.4) is 0 Å². The fraction of sp³-hybridized carbons (Fsp3) is 0.304. The molecule has 144 valence electrons. The number of allylic oxidation sites excluding steroid dienone is 2. The van der Waals surface area contributed by atoms with E-state index in [1.54, 1.807) is 0 Å². The first-order valence-electron chi connectivity index (χ1n) is 9.53. The normalized spacial score (nSPS) is 16.4. The molecular weight excluding hydrogens is 370 g/mol. The van der Waals surface area contributed by atoms with E-state index >= 15 is 0 Å². The van der Waals surface area contributed by atoms with E-state index in [1.807, 2.05) is 85.6 Å². The molecule has 27 heavy (non-hydrogen) atoms. The minimum Gasteiger partial charge on any atom is -0.315 e. The Labute approximate surface area is 164 Å². The third-order valence-corrected chi connectivity index (χ3v) is 8.77. The Balaban J connectivity index is 1.66. The molecule has 0 radical (unpaired) electrons. The van der Waals surface area contributed by atoms with Crippen molar-refractivity contribution in [3.05, 3.63) is 84.4 Å². The SMILES string of the molecule is CP(=O)(/C=C/CCCCC/C=C/[P@](C)(=O)c1ccccc1)c1ccccc1. The van der Waals surface area contributed by atoms with Crippen molar-refractivity contribution in [3.8, 4) is 0 Å². The molecule has 0 aromatic heterocycles. The van der Waals surface area contributed by atoms with Gasteiger partial charge in [0.1, 0.15) is 14.3 Å². The zero-order chi connectivity index (χ0) is 19.6. The Morgan fingerprint density at radius 1 is 0.630 bits per heavy atom. The van der Waals surface area contributed by atoms with Gasteiger partial charge in [-0.25, -0.2) is 0 Å². The van der Waals surface area contributed by atoms with Crippen LogP contribution in [-0.4, -0.2) is 13.3 Å². The van der Waals surface area contributed by atoms with Crippen LogP contribution < -0.4 is 10.6 Å². The lowest BCUT2D eigenvalue weighted by atomic mass is 10.1. The highest BCUT2D eigenvalue weighted by Crippen LogP contribution is 2.42. The van der Waals surface area contributed by atoms with Gasteiger partial charge in [-0.05, 0) is 50.6 Å². The number of benzene rings is 2. The molecule has 0 aliphatic rings. The van der Waals surface area contributed by atoms with E-state index in [0.29, 0.717) is 0 Å². The second-order valence-corrected chi connectivity index (χ2v) is 12.6. The van der Waals surface area contributed by atoms with Crippen LogP contribution in [0.2, 0.25) is 0 Å². The van der Waals surface area contributed by atoms with Crippen molar-refractivity contribution in [2.45, 2.75) is 32.1 Å². The van der Waals surface area contributed by atoms with Crippen LogP contribution in [0.5, 0.6) is 0 Å². The van der Waals surface area contributed by atoms with Crippen LogP contribution in [0.4, 0.5) is 0 Å². The number of rotatable bonds is 10. The quantitative estimate of drug-likeness (QED) is 0.333. The summed E-state index contributed by atoms with van der Waals surface area (Å²) in [6, 6.07) is 19.3. The zero-order valence-corrected chi connectivity index (χ0v) is 18.1. The van der Waals surface area contributed by atoms with Gasteiger partial charge in [0.2, 0.25) is 0 Å². The molecular formula is C23H30O2P2. The zero-order valence-electron chi connectivity index (χ0n) is 16.3. The molecule has 4 heteroatoms. The minimum absolute atomic E-state index is 0.911. The maximum atomic E-state index is 12.7. The molecule has 2 nitrogen and oxygen atoms in total. The molecule has 2 aromatic carbocycles. The average molecular weight is 400 g/mol. The predicted molar refractivity (Wildman–Crippen MR) is 121 cm³/mol. The van der Waals surface area contributed by atoms with Gasteiger partial charge in [0.25, 0.3) is 0 Å². The van der Waals surface area contributed by atoms with Crippen molar-refractivity contribution in [3.63, 3.8) is 0 Å². The van der Waals surface area contributed by atoms with Gasteiger partial charge in [-0.2, -0.15) is 0 Å². The van der Waals surface area contributed by atoms with Gasteiger partial charge in [-0.1, -0.05) is 79.2 Å². The molecule has 2 rings (SSSR count). The summed E-state index contributed by atoms with van der Waals surface area (Å²) in [4.78, 5) is 0. The summed E-state index contributed by atoms with van der Waals surface area (Å²) in [6.07, 6.45) is 9.30. The number of unbranched alkanes of at least 4 members (excludes halogenated alkanes) is 4. The van der Waals surface area contributed by atoms with Crippen molar-refractivity contribution in [1.82, 2.24) is 0 Å². The Kier molecular flexibility index (Phi) is 8.55. The van der Waals surface area contributed by atoms with Gasteiger partial charge in [0, 0.05) is 10.6 Å². The summed E-state index contributed by atoms with van der Waals surface area (Å²) >= 11 is 0. The fourth-order valence-electron chi connectivity index (χ4n) is 2.87. The van der Waals surface area contributed by atoms with Crippen molar-refractivity contribution >= 4 is 24.9 Å². The summed E-state index contributed by atoms with van der Waals surface area (Å²) in [5.41, 5.74) is 0. The summed E-state index contributed by atoms with van der Waals surface area (Å²) < 4.78 is 25.4. The highest BCUT2D eigenvalue weighted by molar-refractivity contribution is 7.74. The predicted octanol–water partition coefficient (Wildman–Crippen LogP) is 6.60. The van der Waals surface area contributed by atoms with Crippen molar-refractivity contribution in [2.24, 2.45) is 0 Å². The lowest BCUT2D eigenvalue weighted by Gasteiger charge is -2.08. The summed E-state index contributed by atoms with van der Waals surface area (Å²) in [6.45, 7) is 3.64. The fourth-order valence-corrected chi connectivity index (χ4v) is 5.85. The van der Waals surface area contributed by atoms with E-state index in [9.17, 15) is 9.13 Å². The molecule has 2 aromatic rings. The molecule has 0 spiro atoms. The van der Waals surface area contributed by atoms with Crippen molar-refractivity contribution in [1.29, 1.82) is 0 Å². The number of hydrogen-bond donors (Lipinski definition) is 0. The van der Waals surface area contributed by atoms with E-state index < -0.39 is 14.3 Å². The standard InChI is InChI=1S/C23H30O2P2/c1-26(24,22-16-10-8-11-17-22)20-14-6-4-3-5-7-15-21-27(2,25)23-18-12-9-13-19-23/h8-21H,3-7H2,1-2H3/b20-14+,21-15+/t26-,27?/m0/s1. The molecule has 0 aliphatic heterocycles. The second-order valence-electron chi connectivity index (χ2n) is 7.06. The number of hydrogen-bond acceptors (Lipinski definition) is 2.